The molecular weight excluding hydrogens is 416 g/mol. The molecule has 7 nitrogen and oxygen atoms in total. The molecule has 0 aliphatic heterocycles. The van der Waals surface area contributed by atoms with Gasteiger partial charge < -0.3 is 19.9 Å². The van der Waals surface area contributed by atoms with Crippen molar-refractivity contribution in [3.05, 3.63) is 102 Å². The number of carbonyl (C=O) groups is 2. The molecule has 0 aliphatic carbocycles. The SMILES string of the molecule is COc1ccccc1C(=O)N/C(=C\c1cn(C)c2ccccc12)C(=O)NCc1cccnc1. The normalized spacial score (nSPS) is 11.3. The highest BCUT2D eigenvalue weighted by Gasteiger charge is 2.18. The highest BCUT2D eigenvalue weighted by atomic mass is 16.5. The third-order valence-electron chi connectivity index (χ3n) is 5.25. The number of hydrogen-bond donors (Lipinski definition) is 2. The number of aryl methyl sites for hydroxylation is 1. The Bertz CT molecular complexity index is 1330. The first-order chi connectivity index (χ1) is 16.1. The Labute approximate surface area is 191 Å². The fourth-order valence-electron chi connectivity index (χ4n) is 3.60. The highest BCUT2D eigenvalue weighted by Crippen LogP contribution is 2.23. The van der Waals surface area contributed by atoms with E-state index < -0.39 is 11.8 Å². The van der Waals surface area contributed by atoms with Crippen molar-refractivity contribution in [3.63, 3.8) is 0 Å². The van der Waals surface area contributed by atoms with Gasteiger partial charge in [0.25, 0.3) is 11.8 Å². The van der Waals surface area contributed by atoms with Crippen LogP contribution < -0.4 is 15.4 Å². The van der Waals surface area contributed by atoms with Crippen LogP contribution in [0.15, 0.2) is 85.0 Å². The van der Waals surface area contributed by atoms with Crippen molar-refractivity contribution < 1.29 is 14.3 Å². The van der Waals surface area contributed by atoms with Gasteiger partial charge in [-0.25, -0.2) is 0 Å². The zero-order valence-electron chi connectivity index (χ0n) is 18.4. The third kappa shape index (κ3) is 4.93. The second-order valence-corrected chi connectivity index (χ2v) is 7.47. The molecule has 2 aromatic heterocycles. The summed E-state index contributed by atoms with van der Waals surface area (Å²) >= 11 is 0. The molecular formula is C26H24N4O3. The molecule has 2 heterocycles. The van der Waals surface area contributed by atoms with E-state index in [2.05, 4.69) is 15.6 Å². The van der Waals surface area contributed by atoms with E-state index in [4.69, 9.17) is 4.74 Å². The van der Waals surface area contributed by atoms with Crippen LogP contribution in [0.4, 0.5) is 0 Å². The number of para-hydroxylation sites is 2. The number of nitrogens with one attached hydrogen (secondary N) is 2. The summed E-state index contributed by atoms with van der Waals surface area (Å²) in [4.78, 5) is 30.2. The van der Waals surface area contributed by atoms with Gasteiger partial charge in [0.05, 0.1) is 12.7 Å². The molecule has 33 heavy (non-hydrogen) atoms. The summed E-state index contributed by atoms with van der Waals surface area (Å²) in [6.45, 7) is 0.282. The minimum absolute atomic E-state index is 0.131. The largest absolute Gasteiger partial charge is 0.496 e. The van der Waals surface area contributed by atoms with Crippen LogP contribution in [0, 0.1) is 0 Å². The van der Waals surface area contributed by atoms with Gasteiger partial charge in [0.15, 0.2) is 0 Å². The zero-order valence-corrected chi connectivity index (χ0v) is 18.4. The van der Waals surface area contributed by atoms with Crippen molar-refractivity contribution in [2.75, 3.05) is 7.11 Å². The second-order valence-electron chi connectivity index (χ2n) is 7.47. The standard InChI is InChI=1S/C26H24N4O3/c1-30-17-19(20-9-3-5-11-23(20)30)14-22(26(32)28-16-18-8-7-13-27-15-18)29-25(31)21-10-4-6-12-24(21)33-2/h3-15,17H,16H2,1-2H3,(H,28,32)(H,29,31)/b22-14-. The van der Waals surface area contributed by atoms with E-state index in [1.165, 1.54) is 7.11 Å². The molecule has 2 amide bonds. The van der Waals surface area contributed by atoms with Crippen LogP contribution in [-0.4, -0.2) is 28.5 Å². The molecule has 2 aromatic carbocycles. The van der Waals surface area contributed by atoms with E-state index in [0.717, 1.165) is 22.0 Å². The molecule has 166 valence electrons. The average molecular weight is 441 g/mol. The van der Waals surface area contributed by atoms with Crippen molar-refractivity contribution in [1.82, 2.24) is 20.2 Å². The summed E-state index contributed by atoms with van der Waals surface area (Å²) in [6.07, 6.45) is 6.97. The Balaban J connectivity index is 1.67. The number of rotatable bonds is 7. The maximum absolute atomic E-state index is 13.1. The lowest BCUT2D eigenvalue weighted by molar-refractivity contribution is -0.117. The van der Waals surface area contributed by atoms with Crippen molar-refractivity contribution >= 4 is 28.8 Å². The molecule has 0 saturated carbocycles. The molecule has 0 fully saturated rings. The van der Waals surface area contributed by atoms with Gasteiger partial charge in [-0.1, -0.05) is 36.4 Å². The molecule has 0 spiro atoms. The molecule has 2 N–H and O–H groups in total. The summed E-state index contributed by atoms with van der Waals surface area (Å²) in [5.41, 5.74) is 3.16. The first kappa shape index (κ1) is 21.8. The number of benzene rings is 2. The van der Waals surface area contributed by atoms with Gasteiger partial charge in [-0.2, -0.15) is 0 Å². The minimum Gasteiger partial charge on any atom is -0.496 e. The fraction of sp³-hybridized carbons (Fsp3) is 0.115. The summed E-state index contributed by atoms with van der Waals surface area (Å²) < 4.78 is 7.28. The van der Waals surface area contributed by atoms with Crippen molar-refractivity contribution in [2.45, 2.75) is 6.54 Å². The van der Waals surface area contributed by atoms with Crippen LogP contribution >= 0.6 is 0 Å². The fourth-order valence-corrected chi connectivity index (χ4v) is 3.60. The topological polar surface area (TPSA) is 85.2 Å². The number of amides is 2. The number of aromatic nitrogens is 2. The van der Waals surface area contributed by atoms with E-state index >= 15 is 0 Å². The van der Waals surface area contributed by atoms with Crippen LogP contribution in [0.25, 0.3) is 17.0 Å². The maximum atomic E-state index is 13.1. The average Bonchev–Trinajstić information content (AvgIpc) is 3.18. The number of hydrogen-bond acceptors (Lipinski definition) is 4. The number of methoxy groups -OCH3 is 1. The molecule has 4 aromatic rings. The van der Waals surface area contributed by atoms with E-state index in [9.17, 15) is 9.59 Å². The lowest BCUT2D eigenvalue weighted by atomic mass is 10.1. The second kappa shape index (κ2) is 9.82. The first-order valence-electron chi connectivity index (χ1n) is 10.4. The summed E-state index contributed by atoms with van der Waals surface area (Å²) in [7, 11) is 3.44. The summed E-state index contributed by atoms with van der Waals surface area (Å²) in [6, 6.07) is 18.4. The quantitative estimate of drug-likeness (QED) is 0.430. The van der Waals surface area contributed by atoms with Gasteiger partial charge in [-0.05, 0) is 35.9 Å². The van der Waals surface area contributed by atoms with Crippen molar-refractivity contribution in [1.29, 1.82) is 0 Å². The highest BCUT2D eigenvalue weighted by molar-refractivity contribution is 6.07. The van der Waals surface area contributed by atoms with E-state index in [-0.39, 0.29) is 12.2 Å². The van der Waals surface area contributed by atoms with Gasteiger partial charge in [0.2, 0.25) is 0 Å². The van der Waals surface area contributed by atoms with E-state index in [1.807, 2.05) is 48.1 Å². The monoisotopic (exact) mass is 440 g/mol. The third-order valence-corrected chi connectivity index (χ3v) is 5.25. The van der Waals surface area contributed by atoms with Gasteiger partial charge in [0.1, 0.15) is 11.4 Å². The van der Waals surface area contributed by atoms with E-state index in [1.54, 1.807) is 48.8 Å². The van der Waals surface area contributed by atoms with Crippen LogP contribution in [0.2, 0.25) is 0 Å². The lowest BCUT2D eigenvalue weighted by Gasteiger charge is -2.13. The smallest absolute Gasteiger partial charge is 0.268 e. The Morgan fingerprint density at radius 1 is 1.06 bits per heavy atom. The van der Waals surface area contributed by atoms with Gasteiger partial charge in [-0.3, -0.25) is 14.6 Å². The number of ether oxygens (including phenoxy) is 1. The Morgan fingerprint density at radius 2 is 1.85 bits per heavy atom. The minimum atomic E-state index is -0.435. The van der Waals surface area contributed by atoms with Gasteiger partial charge >= 0.3 is 0 Å². The van der Waals surface area contributed by atoms with Gasteiger partial charge in [0, 0.05) is 48.6 Å². The number of nitrogens with zero attached hydrogens (tertiary/aromatic N) is 2. The van der Waals surface area contributed by atoms with Gasteiger partial charge in [-0.15, -0.1) is 0 Å². The van der Waals surface area contributed by atoms with Crippen LogP contribution in [0.3, 0.4) is 0 Å². The molecule has 0 radical (unpaired) electrons. The Kier molecular flexibility index (Phi) is 6.50. The number of pyridine rings is 1. The molecule has 4 rings (SSSR count). The Morgan fingerprint density at radius 3 is 2.64 bits per heavy atom. The summed E-state index contributed by atoms with van der Waals surface area (Å²) in [5, 5.41) is 6.61. The predicted octanol–water partition coefficient (Wildman–Crippen LogP) is 3.67. The molecule has 0 aliphatic rings. The summed E-state index contributed by atoms with van der Waals surface area (Å²) in [5.74, 6) is -0.416. The van der Waals surface area contributed by atoms with Crippen LogP contribution in [-0.2, 0) is 18.4 Å². The molecule has 0 unspecified atom stereocenters. The molecule has 0 saturated heterocycles. The number of carbonyl (C=O) groups excluding carboxylic acids is 2. The maximum Gasteiger partial charge on any atom is 0.268 e. The zero-order chi connectivity index (χ0) is 23.2. The Hall–Kier alpha value is -4.39. The van der Waals surface area contributed by atoms with Crippen LogP contribution in [0.1, 0.15) is 21.5 Å². The molecule has 0 atom stereocenters. The first-order valence-corrected chi connectivity index (χ1v) is 10.4. The van der Waals surface area contributed by atoms with Crippen molar-refractivity contribution in [3.8, 4) is 5.75 Å². The predicted molar refractivity (Wildman–Crippen MR) is 127 cm³/mol. The molecule has 0 bridgehead atoms. The van der Waals surface area contributed by atoms with Crippen LogP contribution in [0.5, 0.6) is 5.75 Å². The number of fused-ring (bicyclic) bond motifs is 1. The van der Waals surface area contributed by atoms with E-state index in [0.29, 0.717) is 11.3 Å². The van der Waals surface area contributed by atoms with Crippen molar-refractivity contribution in [2.24, 2.45) is 7.05 Å². The lowest BCUT2D eigenvalue weighted by Crippen LogP contribution is -2.34. The molecule has 7 heteroatoms.